The molecular weight excluding hydrogens is 280 g/mol. The van der Waals surface area contributed by atoms with E-state index in [2.05, 4.69) is 33.8 Å². The molecule has 0 radical (unpaired) electrons. The molecule has 1 atom stereocenters. The van der Waals surface area contributed by atoms with Crippen LogP contribution in [0.4, 0.5) is 0 Å². The first-order valence-corrected chi connectivity index (χ1v) is 8.68. The van der Waals surface area contributed by atoms with Gasteiger partial charge >= 0.3 is 0 Å². The molecule has 0 aliphatic heterocycles. The van der Waals surface area contributed by atoms with Crippen molar-refractivity contribution in [2.24, 2.45) is 11.7 Å². The second-order valence-corrected chi connectivity index (χ2v) is 7.76. The smallest absolute Gasteiger partial charge is 0.222 e. The van der Waals surface area contributed by atoms with Gasteiger partial charge in [0.2, 0.25) is 5.91 Å². The number of nitrogens with zero attached hydrogens (tertiary/aromatic N) is 1. The number of aryl methyl sites for hydroxylation is 3. The van der Waals surface area contributed by atoms with Crippen LogP contribution in [0, 0.1) is 19.8 Å². The third-order valence-electron chi connectivity index (χ3n) is 4.06. The maximum absolute atomic E-state index is 12.1. The molecule has 1 rings (SSSR count). The predicted molar refractivity (Wildman–Crippen MR) is 91.8 cm³/mol. The van der Waals surface area contributed by atoms with E-state index in [1.54, 1.807) is 0 Å². The lowest BCUT2D eigenvalue weighted by atomic mass is 10.0. The fourth-order valence-corrected chi connectivity index (χ4v) is 3.33. The van der Waals surface area contributed by atoms with Crippen LogP contribution in [0.25, 0.3) is 0 Å². The molecule has 0 aromatic carbocycles. The molecule has 1 amide bonds. The summed E-state index contributed by atoms with van der Waals surface area (Å²) in [5, 5.41) is 0. The van der Waals surface area contributed by atoms with E-state index in [0.29, 0.717) is 12.3 Å². The van der Waals surface area contributed by atoms with E-state index in [1.165, 1.54) is 15.3 Å². The summed E-state index contributed by atoms with van der Waals surface area (Å²) in [5.41, 5.74) is 7.42. The Labute approximate surface area is 133 Å². The first-order valence-electron chi connectivity index (χ1n) is 7.86. The Bertz CT molecular complexity index is 454. The Morgan fingerprint density at radius 2 is 2.05 bits per heavy atom. The monoisotopic (exact) mass is 310 g/mol. The van der Waals surface area contributed by atoms with E-state index in [4.69, 9.17) is 5.73 Å². The zero-order valence-corrected chi connectivity index (χ0v) is 14.9. The topological polar surface area (TPSA) is 46.3 Å². The van der Waals surface area contributed by atoms with E-state index in [0.717, 1.165) is 25.8 Å². The molecule has 120 valence electrons. The van der Waals surface area contributed by atoms with Gasteiger partial charge in [0.05, 0.1) is 0 Å². The summed E-state index contributed by atoms with van der Waals surface area (Å²) in [4.78, 5) is 16.7. The van der Waals surface area contributed by atoms with Gasteiger partial charge in [-0.15, -0.1) is 11.3 Å². The second kappa shape index (κ2) is 8.54. The van der Waals surface area contributed by atoms with E-state index in [-0.39, 0.29) is 11.9 Å². The van der Waals surface area contributed by atoms with Crippen LogP contribution < -0.4 is 5.73 Å². The van der Waals surface area contributed by atoms with Crippen molar-refractivity contribution >= 4 is 17.2 Å². The third-order valence-corrected chi connectivity index (χ3v) is 5.07. The number of amides is 1. The Balaban J connectivity index is 2.28. The lowest BCUT2D eigenvalue weighted by Gasteiger charge is -2.21. The fraction of sp³-hybridized carbons (Fsp3) is 0.706. The first-order chi connectivity index (χ1) is 9.81. The van der Waals surface area contributed by atoms with E-state index in [9.17, 15) is 4.79 Å². The summed E-state index contributed by atoms with van der Waals surface area (Å²) in [7, 11) is 1.88. The lowest BCUT2D eigenvalue weighted by molar-refractivity contribution is -0.130. The zero-order chi connectivity index (χ0) is 16.0. The van der Waals surface area contributed by atoms with Gasteiger partial charge in [-0.2, -0.15) is 0 Å². The molecule has 1 unspecified atom stereocenters. The van der Waals surface area contributed by atoms with Gasteiger partial charge in [-0.1, -0.05) is 13.8 Å². The van der Waals surface area contributed by atoms with Crippen LogP contribution in [0.5, 0.6) is 0 Å². The van der Waals surface area contributed by atoms with Crippen LogP contribution in [0.15, 0.2) is 6.07 Å². The summed E-state index contributed by atoms with van der Waals surface area (Å²) in [6.45, 7) is 9.30. The summed E-state index contributed by atoms with van der Waals surface area (Å²) in [5.74, 6) is 0.703. The summed E-state index contributed by atoms with van der Waals surface area (Å²) in [6, 6.07) is 2.42. The van der Waals surface area contributed by atoms with Crippen LogP contribution in [0.2, 0.25) is 0 Å². The van der Waals surface area contributed by atoms with Crippen molar-refractivity contribution < 1.29 is 4.79 Å². The third kappa shape index (κ3) is 6.18. The number of carbonyl (C=O) groups excluding carboxylic acids is 1. The van der Waals surface area contributed by atoms with E-state index in [1.807, 2.05) is 23.3 Å². The zero-order valence-electron chi connectivity index (χ0n) is 14.1. The maximum atomic E-state index is 12.1. The molecule has 0 aliphatic rings. The summed E-state index contributed by atoms with van der Waals surface area (Å²) in [6.07, 6.45) is 3.43. The molecule has 2 N–H and O–H groups in total. The Morgan fingerprint density at radius 1 is 1.38 bits per heavy atom. The molecule has 0 aliphatic carbocycles. The Morgan fingerprint density at radius 3 is 2.57 bits per heavy atom. The van der Waals surface area contributed by atoms with Gasteiger partial charge < -0.3 is 10.6 Å². The lowest BCUT2D eigenvalue weighted by Crippen LogP contribution is -2.34. The largest absolute Gasteiger partial charge is 0.346 e. The van der Waals surface area contributed by atoms with Gasteiger partial charge in [0.25, 0.3) is 0 Å². The van der Waals surface area contributed by atoms with E-state index < -0.39 is 0 Å². The van der Waals surface area contributed by atoms with Crippen molar-refractivity contribution in [2.45, 2.75) is 59.4 Å². The van der Waals surface area contributed by atoms with Gasteiger partial charge in [0.15, 0.2) is 0 Å². The van der Waals surface area contributed by atoms with Gasteiger partial charge in [-0.25, -0.2) is 0 Å². The van der Waals surface area contributed by atoms with Gasteiger partial charge in [0.1, 0.15) is 0 Å². The molecule has 0 saturated carbocycles. The molecule has 1 aromatic rings. The molecule has 1 aromatic heterocycles. The fourth-order valence-electron chi connectivity index (χ4n) is 2.35. The SMILES string of the molecule is Cc1cc(CCCC(=O)N(C)CCC(N)C(C)C)c(C)s1. The highest BCUT2D eigenvalue weighted by atomic mass is 32.1. The standard InChI is InChI=1S/C17H30N2OS/c1-12(2)16(18)9-10-19(5)17(20)8-6-7-15-11-13(3)21-14(15)4/h11-12,16H,6-10,18H2,1-5H3. The average molecular weight is 311 g/mol. The van der Waals surface area contributed by atoms with Crippen molar-refractivity contribution in [3.63, 3.8) is 0 Å². The second-order valence-electron chi connectivity index (χ2n) is 6.30. The highest BCUT2D eigenvalue weighted by molar-refractivity contribution is 7.12. The first kappa shape index (κ1) is 18.2. The molecule has 4 heteroatoms. The van der Waals surface area contributed by atoms with Gasteiger partial charge in [0, 0.05) is 35.8 Å². The minimum atomic E-state index is 0.177. The van der Waals surface area contributed by atoms with E-state index >= 15 is 0 Å². The minimum Gasteiger partial charge on any atom is -0.346 e. The number of carbonyl (C=O) groups is 1. The van der Waals surface area contributed by atoms with Gasteiger partial charge in [-0.3, -0.25) is 4.79 Å². The van der Waals surface area contributed by atoms with Crippen molar-refractivity contribution in [2.75, 3.05) is 13.6 Å². The summed E-state index contributed by atoms with van der Waals surface area (Å²) >= 11 is 1.84. The van der Waals surface area contributed by atoms with Crippen LogP contribution in [-0.2, 0) is 11.2 Å². The predicted octanol–water partition coefficient (Wildman–Crippen LogP) is 3.52. The maximum Gasteiger partial charge on any atom is 0.222 e. The molecule has 0 bridgehead atoms. The van der Waals surface area contributed by atoms with Crippen LogP contribution in [-0.4, -0.2) is 30.4 Å². The van der Waals surface area contributed by atoms with Gasteiger partial charge in [-0.05, 0) is 50.7 Å². The molecule has 1 heterocycles. The number of nitrogens with two attached hydrogens (primary N) is 1. The minimum absolute atomic E-state index is 0.177. The van der Waals surface area contributed by atoms with Crippen LogP contribution >= 0.6 is 11.3 Å². The summed E-state index contributed by atoms with van der Waals surface area (Å²) < 4.78 is 0. The highest BCUT2D eigenvalue weighted by Gasteiger charge is 2.13. The number of rotatable bonds is 8. The number of hydrogen-bond acceptors (Lipinski definition) is 3. The number of hydrogen-bond donors (Lipinski definition) is 1. The van der Waals surface area contributed by atoms with Crippen molar-refractivity contribution in [3.05, 3.63) is 21.4 Å². The van der Waals surface area contributed by atoms with Crippen LogP contribution in [0.3, 0.4) is 0 Å². The van der Waals surface area contributed by atoms with Crippen LogP contribution in [0.1, 0.15) is 48.4 Å². The van der Waals surface area contributed by atoms with Crippen molar-refractivity contribution in [1.29, 1.82) is 0 Å². The quantitative estimate of drug-likeness (QED) is 0.798. The molecule has 0 spiro atoms. The Kier molecular flexibility index (Phi) is 7.40. The highest BCUT2D eigenvalue weighted by Crippen LogP contribution is 2.22. The van der Waals surface area contributed by atoms with Crippen molar-refractivity contribution in [1.82, 2.24) is 4.90 Å². The average Bonchev–Trinajstić information content (AvgIpc) is 2.73. The normalized spacial score (nSPS) is 12.7. The molecule has 0 fully saturated rings. The Hall–Kier alpha value is -0.870. The van der Waals surface area contributed by atoms with Crippen molar-refractivity contribution in [3.8, 4) is 0 Å². The molecular formula is C17H30N2OS. The molecule has 3 nitrogen and oxygen atoms in total. The number of thiophene rings is 1. The molecule has 21 heavy (non-hydrogen) atoms. The molecule has 0 saturated heterocycles.